The van der Waals surface area contributed by atoms with Gasteiger partial charge in [-0.15, -0.1) is 0 Å². The zero-order valence-electron chi connectivity index (χ0n) is 10.7. The Kier molecular flexibility index (Phi) is 3.09. The minimum atomic E-state index is 0.720. The van der Waals surface area contributed by atoms with Crippen LogP contribution in [0.5, 0.6) is 0 Å². The van der Waals surface area contributed by atoms with E-state index in [1.807, 2.05) is 0 Å². The molecule has 2 fully saturated rings. The van der Waals surface area contributed by atoms with E-state index in [1.54, 1.807) is 0 Å². The van der Waals surface area contributed by atoms with Crippen molar-refractivity contribution in [1.82, 2.24) is 5.32 Å². The van der Waals surface area contributed by atoms with Gasteiger partial charge in [-0.2, -0.15) is 0 Å². The summed E-state index contributed by atoms with van der Waals surface area (Å²) in [4.78, 5) is 0. The van der Waals surface area contributed by atoms with Gasteiger partial charge in [0, 0.05) is 12.8 Å². The molecular weight excluding hydrogens is 184 g/mol. The molecule has 0 radical (unpaired) electrons. The van der Waals surface area contributed by atoms with Crippen molar-refractivity contribution >= 4 is 0 Å². The van der Waals surface area contributed by atoms with Gasteiger partial charge in [0.15, 0.2) is 0 Å². The van der Waals surface area contributed by atoms with Crippen LogP contribution in [0.1, 0.15) is 39.5 Å². The van der Waals surface area contributed by atoms with Gasteiger partial charge in [0.2, 0.25) is 0 Å². The number of hydrogen-bond acceptors (Lipinski definition) is 1. The van der Waals surface area contributed by atoms with Crippen LogP contribution in [-0.4, -0.2) is 43.8 Å². The van der Waals surface area contributed by atoms with Crippen molar-refractivity contribution in [3.63, 3.8) is 0 Å². The highest BCUT2D eigenvalue weighted by Gasteiger charge is 2.41. The third kappa shape index (κ3) is 2.21. The van der Waals surface area contributed by atoms with E-state index in [0.717, 1.165) is 11.5 Å². The molecule has 2 saturated heterocycles. The van der Waals surface area contributed by atoms with Crippen LogP contribution in [0.3, 0.4) is 0 Å². The fourth-order valence-electron chi connectivity index (χ4n) is 3.20. The normalized spacial score (nSPS) is 29.6. The molecular formula is C13H27N2+. The highest BCUT2D eigenvalue weighted by molar-refractivity contribution is 4.86. The van der Waals surface area contributed by atoms with Gasteiger partial charge in [-0.1, -0.05) is 0 Å². The van der Waals surface area contributed by atoms with Crippen molar-refractivity contribution in [3.8, 4) is 0 Å². The minimum absolute atomic E-state index is 0.720. The number of quaternary nitrogens is 1. The number of hydrogen-bond donors (Lipinski definition) is 1. The van der Waals surface area contributed by atoms with E-state index in [2.05, 4.69) is 26.2 Å². The SMILES string of the molecule is CC(C)[N+]1(C)CCC2(CCNCC2)CC1. The number of piperidine rings is 2. The monoisotopic (exact) mass is 211 g/mol. The van der Waals surface area contributed by atoms with Gasteiger partial charge in [-0.25, -0.2) is 0 Å². The highest BCUT2D eigenvalue weighted by atomic mass is 15.4. The Balaban J connectivity index is 1.96. The van der Waals surface area contributed by atoms with E-state index in [-0.39, 0.29) is 0 Å². The summed E-state index contributed by atoms with van der Waals surface area (Å²) in [5, 5.41) is 3.49. The zero-order chi connectivity index (χ0) is 10.9. The van der Waals surface area contributed by atoms with Crippen LogP contribution < -0.4 is 5.32 Å². The van der Waals surface area contributed by atoms with Crippen molar-refractivity contribution in [1.29, 1.82) is 0 Å². The van der Waals surface area contributed by atoms with E-state index in [0.29, 0.717) is 0 Å². The van der Waals surface area contributed by atoms with Crippen molar-refractivity contribution in [3.05, 3.63) is 0 Å². The lowest BCUT2D eigenvalue weighted by atomic mass is 9.71. The first-order chi connectivity index (χ1) is 7.06. The summed E-state index contributed by atoms with van der Waals surface area (Å²) < 4.78 is 1.30. The van der Waals surface area contributed by atoms with Crippen LogP contribution in [0.2, 0.25) is 0 Å². The maximum atomic E-state index is 3.49. The molecule has 0 aromatic heterocycles. The Hall–Kier alpha value is -0.0800. The molecule has 0 saturated carbocycles. The maximum absolute atomic E-state index is 3.49. The second kappa shape index (κ2) is 4.06. The summed E-state index contributed by atoms with van der Waals surface area (Å²) in [5.74, 6) is 0. The second-order valence-electron chi connectivity index (χ2n) is 6.27. The fourth-order valence-corrected chi connectivity index (χ4v) is 3.20. The Morgan fingerprint density at radius 1 is 1.00 bits per heavy atom. The molecule has 2 rings (SSSR count). The summed E-state index contributed by atoms with van der Waals surface area (Å²) in [6.45, 7) is 10.1. The smallest absolute Gasteiger partial charge is 0.0831 e. The molecule has 15 heavy (non-hydrogen) atoms. The molecule has 88 valence electrons. The number of nitrogens with one attached hydrogen (secondary N) is 1. The lowest BCUT2D eigenvalue weighted by Crippen LogP contribution is -2.57. The van der Waals surface area contributed by atoms with Crippen LogP contribution >= 0.6 is 0 Å². The first-order valence-corrected chi connectivity index (χ1v) is 6.61. The molecule has 1 spiro atoms. The fraction of sp³-hybridized carbons (Fsp3) is 1.00. The van der Waals surface area contributed by atoms with Gasteiger partial charge in [-0.3, -0.25) is 0 Å². The highest BCUT2D eigenvalue weighted by Crippen LogP contribution is 2.41. The van der Waals surface area contributed by atoms with Crippen LogP contribution in [-0.2, 0) is 0 Å². The van der Waals surface area contributed by atoms with E-state index in [4.69, 9.17) is 0 Å². The van der Waals surface area contributed by atoms with E-state index in [1.165, 1.54) is 56.3 Å². The molecule has 0 aliphatic carbocycles. The summed E-state index contributed by atoms with van der Waals surface area (Å²) in [6.07, 6.45) is 5.77. The minimum Gasteiger partial charge on any atom is -0.324 e. The topological polar surface area (TPSA) is 12.0 Å². The second-order valence-corrected chi connectivity index (χ2v) is 6.27. The quantitative estimate of drug-likeness (QED) is 0.654. The van der Waals surface area contributed by atoms with Gasteiger partial charge >= 0.3 is 0 Å². The van der Waals surface area contributed by atoms with Crippen LogP contribution in [0.25, 0.3) is 0 Å². The average Bonchev–Trinajstić information content (AvgIpc) is 2.24. The van der Waals surface area contributed by atoms with Crippen LogP contribution in [0.4, 0.5) is 0 Å². The van der Waals surface area contributed by atoms with Gasteiger partial charge in [-0.05, 0) is 45.2 Å². The first kappa shape index (κ1) is 11.4. The van der Waals surface area contributed by atoms with E-state index < -0.39 is 0 Å². The van der Waals surface area contributed by atoms with E-state index >= 15 is 0 Å². The lowest BCUT2D eigenvalue weighted by Gasteiger charge is -2.50. The average molecular weight is 211 g/mol. The molecule has 0 atom stereocenters. The number of likely N-dealkylation sites (tertiary alicyclic amines) is 1. The summed E-state index contributed by atoms with van der Waals surface area (Å²) >= 11 is 0. The molecule has 0 amide bonds. The molecule has 0 aromatic carbocycles. The van der Waals surface area contributed by atoms with Gasteiger partial charge in [0.25, 0.3) is 0 Å². The standard InChI is InChI=1S/C13H27N2/c1-12(2)15(3)10-6-13(7-11-15)4-8-14-9-5-13/h12,14H,4-11H2,1-3H3/q+1. The molecule has 0 aromatic rings. The Morgan fingerprint density at radius 3 is 2.00 bits per heavy atom. The van der Waals surface area contributed by atoms with Crippen LogP contribution in [0, 0.1) is 5.41 Å². The Morgan fingerprint density at radius 2 is 1.53 bits per heavy atom. The van der Waals surface area contributed by atoms with Crippen LogP contribution in [0.15, 0.2) is 0 Å². The summed E-state index contributed by atoms with van der Waals surface area (Å²) in [6, 6.07) is 0.795. The largest absolute Gasteiger partial charge is 0.324 e. The molecule has 2 heteroatoms. The third-order valence-electron chi connectivity index (χ3n) is 5.22. The third-order valence-corrected chi connectivity index (χ3v) is 5.22. The molecule has 2 nitrogen and oxygen atoms in total. The first-order valence-electron chi connectivity index (χ1n) is 6.61. The van der Waals surface area contributed by atoms with Crippen molar-refractivity contribution in [2.24, 2.45) is 5.41 Å². The number of nitrogens with zero attached hydrogens (tertiary/aromatic N) is 1. The number of rotatable bonds is 1. The van der Waals surface area contributed by atoms with Gasteiger partial charge in [0.1, 0.15) is 0 Å². The zero-order valence-corrected chi connectivity index (χ0v) is 10.7. The molecule has 0 unspecified atom stereocenters. The molecule has 1 N–H and O–H groups in total. The van der Waals surface area contributed by atoms with E-state index in [9.17, 15) is 0 Å². The maximum Gasteiger partial charge on any atom is 0.0831 e. The molecule has 2 heterocycles. The van der Waals surface area contributed by atoms with Gasteiger partial charge < -0.3 is 9.80 Å². The Bertz CT molecular complexity index is 207. The predicted octanol–water partition coefficient (Wildman–Crippen LogP) is 2.00. The Labute approximate surface area is 94.6 Å². The molecule has 0 bridgehead atoms. The lowest BCUT2D eigenvalue weighted by molar-refractivity contribution is -0.936. The van der Waals surface area contributed by atoms with Crippen molar-refractivity contribution < 1.29 is 4.48 Å². The summed E-state index contributed by atoms with van der Waals surface area (Å²) in [5.41, 5.74) is 0.720. The summed E-state index contributed by atoms with van der Waals surface area (Å²) in [7, 11) is 2.44. The van der Waals surface area contributed by atoms with Crippen molar-refractivity contribution in [2.45, 2.75) is 45.6 Å². The van der Waals surface area contributed by atoms with Crippen molar-refractivity contribution in [2.75, 3.05) is 33.2 Å². The predicted molar refractivity (Wildman–Crippen MR) is 64.8 cm³/mol. The molecule has 2 aliphatic heterocycles. The molecule has 2 aliphatic rings. The van der Waals surface area contributed by atoms with Gasteiger partial charge in [0.05, 0.1) is 26.2 Å².